The van der Waals surface area contributed by atoms with Crippen molar-refractivity contribution in [1.29, 1.82) is 0 Å². The van der Waals surface area contributed by atoms with E-state index in [0.717, 1.165) is 29.1 Å². The molecule has 184 valence electrons. The van der Waals surface area contributed by atoms with Crippen LogP contribution in [0.4, 0.5) is 36.4 Å². The number of carbonyl (C=O) groups excluding carboxylic acids is 1. The zero-order valence-corrected chi connectivity index (χ0v) is 19.1. The Labute approximate surface area is 205 Å². The molecule has 0 spiro atoms. The number of aromatic nitrogens is 4. The van der Waals surface area contributed by atoms with Crippen LogP contribution in [0.3, 0.4) is 0 Å². The highest BCUT2D eigenvalue weighted by Gasteiger charge is 2.30. The third-order valence-corrected chi connectivity index (χ3v) is 5.79. The van der Waals surface area contributed by atoms with Crippen LogP contribution in [-0.4, -0.2) is 25.9 Å². The fourth-order valence-electron chi connectivity index (χ4n) is 3.83. The Kier molecular flexibility index (Phi) is 6.41. The summed E-state index contributed by atoms with van der Waals surface area (Å²) in [4.78, 5) is 21.1. The number of rotatable bonds is 9. The highest BCUT2D eigenvalue weighted by Crippen LogP contribution is 2.39. The number of alkyl halides is 3. The number of nitrogens with zero attached hydrogens (tertiary/aromatic N) is 3. The maximum atomic E-state index is 12.9. The van der Waals surface area contributed by atoms with Gasteiger partial charge in [-0.2, -0.15) is 23.3 Å². The van der Waals surface area contributed by atoms with E-state index in [2.05, 4.69) is 30.8 Å². The number of hydrogen-bond acceptors (Lipinski definition) is 6. The Morgan fingerprint density at radius 1 is 0.944 bits per heavy atom. The highest BCUT2D eigenvalue weighted by molar-refractivity contribution is 5.83. The Hall–Kier alpha value is -4.21. The lowest BCUT2D eigenvalue weighted by molar-refractivity contribution is -0.137. The molecule has 0 atom stereocenters. The van der Waals surface area contributed by atoms with Crippen molar-refractivity contribution in [2.75, 3.05) is 10.6 Å². The lowest BCUT2D eigenvalue weighted by Crippen LogP contribution is -2.09. The molecule has 0 aliphatic heterocycles. The second-order valence-electron chi connectivity index (χ2n) is 8.79. The molecule has 1 aliphatic rings. The SMILES string of the molecule is O=C(Cc1ccc(Nc2nccc(Nc3cc(C4CC4)[nH]n3)n2)cc1)Cc1cccc(C(F)(F)F)c1. The molecular formula is C26H23F3N6O. The summed E-state index contributed by atoms with van der Waals surface area (Å²) in [6.07, 6.45) is -0.362. The number of aromatic amines is 1. The minimum atomic E-state index is -4.43. The topological polar surface area (TPSA) is 95.6 Å². The third-order valence-electron chi connectivity index (χ3n) is 5.79. The number of hydrogen-bond donors (Lipinski definition) is 3. The fourth-order valence-corrected chi connectivity index (χ4v) is 3.83. The summed E-state index contributed by atoms with van der Waals surface area (Å²) < 4.78 is 38.7. The predicted octanol–water partition coefficient (Wildman–Crippen LogP) is 5.94. The minimum Gasteiger partial charge on any atom is -0.324 e. The van der Waals surface area contributed by atoms with Gasteiger partial charge < -0.3 is 10.6 Å². The molecule has 10 heteroatoms. The van der Waals surface area contributed by atoms with Gasteiger partial charge in [-0.3, -0.25) is 9.89 Å². The van der Waals surface area contributed by atoms with Gasteiger partial charge in [0.1, 0.15) is 11.6 Å². The Balaban J connectivity index is 1.16. The molecule has 36 heavy (non-hydrogen) atoms. The first-order valence-corrected chi connectivity index (χ1v) is 11.5. The van der Waals surface area contributed by atoms with Crippen molar-refractivity contribution < 1.29 is 18.0 Å². The van der Waals surface area contributed by atoms with Crippen LogP contribution in [0.15, 0.2) is 66.9 Å². The second-order valence-corrected chi connectivity index (χ2v) is 8.79. The fraction of sp³-hybridized carbons (Fsp3) is 0.231. The molecule has 1 fully saturated rings. The molecule has 2 aromatic carbocycles. The molecule has 0 radical (unpaired) electrons. The van der Waals surface area contributed by atoms with Crippen molar-refractivity contribution in [2.24, 2.45) is 0 Å². The predicted molar refractivity (Wildman–Crippen MR) is 129 cm³/mol. The van der Waals surface area contributed by atoms with Crippen LogP contribution in [-0.2, 0) is 23.8 Å². The number of Topliss-reactive ketones (excluding diaryl/α,β-unsaturated/α-hetero) is 1. The summed E-state index contributed by atoms with van der Waals surface area (Å²) in [6.45, 7) is 0. The molecule has 5 rings (SSSR count). The van der Waals surface area contributed by atoms with Gasteiger partial charge in [0, 0.05) is 42.4 Å². The van der Waals surface area contributed by atoms with Gasteiger partial charge in [-0.05, 0) is 48.2 Å². The molecule has 0 amide bonds. The van der Waals surface area contributed by atoms with Crippen LogP contribution < -0.4 is 10.6 Å². The first-order chi connectivity index (χ1) is 17.3. The molecule has 0 bridgehead atoms. The quantitative estimate of drug-likeness (QED) is 0.268. The van der Waals surface area contributed by atoms with Gasteiger partial charge in [0.2, 0.25) is 5.95 Å². The summed E-state index contributed by atoms with van der Waals surface area (Å²) in [5, 5.41) is 13.6. The summed E-state index contributed by atoms with van der Waals surface area (Å²) in [6, 6.07) is 15.8. The zero-order chi connectivity index (χ0) is 25.1. The normalized spacial score (nSPS) is 13.4. The van der Waals surface area contributed by atoms with Gasteiger partial charge >= 0.3 is 6.18 Å². The smallest absolute Gasteiger partial charge is 0.324 e. The largest absolute Gasteiger partial charge is 0.416 e. The average molecular weight is 493 g/mol. The van der Waals surface area contributed by atoms with Crippen molar-refractivity contribution in [3.05, 3.63) is 89.2 Å². The minimum absolute atomic E-state index is 0.0598. The number of nitrogens with one attached hydrogen (secondary N) is 3. The van der Waals surface area contributed by atoms with E-state index >= 15 is 0 Å². The number of halogens is 3. The molecule has 4 aromatic rings. The molecule has 7 nitrogen and oxygen atoms in total. The lowest BCUT2D eigenvalue weighted by Gasteiger charge is -2.09. The molecule has 0 unspecified atom stereocenters. The van der Waals surface area contributed by atoms with Gasteiger partial charge in [-0.25, -0.2) is 4.98 Å². The van der Waals surface area contributed by atoms with E-state index in [4.69, 9.17) is 0 Å². The maximum Gasteiger partial charge on any atom is 0.416 e. The Morgan fingerprint density at radius 3 is 2.47 bits per heavy atom. The van der Waals surface area contributed by atoms with Crippen molar-refractivity contribution in [1.82, 2.24) is 20.2 Å². The molecule has 2 aromatic heterocycles. The van der Waals surface area contributed by atoms with Crippen LogP contribution in [0.5, 0.6) is 0 Å². The summed E-state index contributed by atoms with van der Waals surface area (Å²) in [5.74, 6) is 2.10. The lowest BCUT2D eigenvalue weighted by atomic mass is 10.0. The van der Waals surface area contributed by atoms with Crippen LogP contribution in [0.25, 0.3) is 0 Å². The van der Waals surface area contributed by atoms with Gasteiger partial charge in [-0.15, -0.1) is 0 Å². The molecule has 1 saturated carbocycles. The monoisotopic (exact) mass is 492 g/mol. The van der Waals surface area contributed by atoms with Crippen LogP contribution in [0, 0.1) is 0 Å². The highest BCUT2D eigenvalue weighted by atomic mass is 19.4. The first-order valence-electron chi connectivity index (χ1n) is 11.5. The van der Waals surface area contributed by atoms with E-state index in [-0.39, 0.29) is 18.6 Å². The number of ketones is 1. The summed E-state index contributed by atoms with van der Waals surface area (Å²) >= 11 is 0. The second kappa shape index (κ2) is 9.80. The van der Waals surface area contributed by atoms with Gasteiger partial charge in [0.05, 0.1) is 5.56 Å². The maximum absolute atomic E-state index is 12.9. The Morgan fingerprint density at radius 2 is 1.72 bits per heavy atom. The van der Waals surface area contributed by atoms with E-state index in [9.17, 15) is 18.0 Å². The average Bonchev–Trinajstić information content (AvgIpc) is 3.59. The van der Waals surface area contributed by atoms with Gasteiger partial charge in [0.25, 0.3) is 0 Å². The molecule has 0 saturated heterocycles. The van der Waals surface area contributed by atoms with Crippen LogP contribution in [0.2, 0.25) is 0 Å². The zero-order valence-electron chi connectivity index (χ0n) is 19.1. The van der Waals surface area contributed by atoms with E-state index in [0.29, 0.717) is 29.1 Å². The molecule has 3 N–H and O–H groups in total. The van der Waals surface area contributed by atoms with Crippen molar-refractivity contribution >= 4 is 29.1 Å². The number of benzene rings is 2. The van der Waals surface area contributed by atoms with Crippen molar-refractivity contribution in [2.45, 2.75) is 37.8 Å². The number of H-pyrrole nitrogens is 1. The van der Waals surface area contributed by atoms with Gasteiger partial charge in [0.15, 0.2) is 5.82 Å². The molecule has 1 aliphatic carbocycles. The van der Waals surface area contributed by atoms with Crippen LogP contribution >= 0.6 is 0 Å². The Bertz CT molecular complexity index is 1360. The van der Waals surface area contributed by atoms with E-state index in [1.807, 2.05) is 6.07 Å². The number of carbonyl (C=O) groups is 1. The van der Waals surface area contributed by atoms with E-state index in [1.165, 1.54) is 25.0 Å². The van der Waals surface area contributed by atoms with Crippen molar-refractivity contribution in [3.8, 4) is 0 Å². The molecule has 2 heterocycles. The summed E-state index contributed by atoms with van der Waals surface area (Å²) in [5.41, 5.74) is 2.21. The summed E-state index contributed by atoms with van der Waals surface area (Å²) in [7, 11) is 0. The van der Waals surface area contributed by atoms with Crippen LogP contribution in [0.1, 0.15) is 41.1 Å². The van der Waals surface area contributed by atoms with E-state index in [1.54, 1.807) is 36.5 Å². The van der Waals surface area contributed by atoms with Crippen molar-refractivity contribution in [3.63, 3.8) is 0 Å². The first kappa shape index (κ1) is 23.5. The number of anilines is 4. The van der Waals surface area contributed by atoms with Gasteiger partial charge in [-0.1, -0.05) is 30.3 Å². The standard InChI is InChI=1S/C26H23F3N6O/c27-26(28,29)19-3-1-2-17(12-19)14-21(36)13-16-4-8-20(9-5-16)31-25-30-11-10-23(33-25)32-24-15-22(34-35-24)18-6-7-18/h1-5,8-12,15,18H,6-7,13-14H2,(H3,30,31,32,33,34,35). The third kappa shape index (κ3) is 6.07. The van der Waals surface area contributed by atoms with E-state index < -0.39 is 11.7 Å². The molecular weight excluding hydrogens is 469 g/mol.